The van der Waals surface area contributed by atoms with Gasteiger partial charge in [0.1, 0.15) is 6.04 Å². The van der Waals surface area contributed by atoms with Gasteiger partial charge in [-0.1, -0.05) is 18.2 Å². The molecule has 0 saturated carbocycles. The van der Waals surface area contributed by atoms with Gasteiger partial charge in [-0.25, -0.2) is 4.79 Å². The van der Waals surface area contributed by atoms with Gasteiger partial charge >= 0.3 is 5.97 Å². The Bertz CT molecular complexity index is 542. The second kappa shape index (κ2) is 4.62. The van der Waals surface area contributed by atoms with Crippen LogP contribution in [0.5, 0.6) is 0 Å². The van der Waals surface area contributed by atoms with Crippen LogP contribution in [0, 0.1) is 6.92 Å². The third kappa shape index (κ3) is 2.05. The molecule has 0 saturated heterocycles. The molecule has 1 aromatic carbocycles. The van der Waals surface area contributed by atoms with Crippen LogP contribution in [-0.4, -0.2) is 17.1 Å². The number of carbonyl (C=O) groups excluding carboxylic acids is 1. The molecule has 17 heavy (non-hydrogen) atoms. The molecule has 0 bridgehead atoms. The van der Waals surface area contributed by atoms with Crippen LogP contribution in [0.25, 0.3) is 10.9 Å². The van der Waals surface area contributed by atoms with E-state index in [0.29, 0.717) is 6.61 Å². The highest BCUT2D eigenvalue weighted by molar-refractivity contribution is 5.84. The Morgan fingerprint density at radius 2 is 2.12 bits per heavy atom. The Kier molecular flexibility index (Phi) is 3.18. The minimum Gasteiger partial charge on any atom is -0.464 e. The van der Waals surface area contributed by atoms with Crippen molar-refractivity contribution < 1.29 is 9.53 Å². The molecule has 2 rings (SSSR count). The molecule has 1 atom stereocenters. The predicted octanol–water partition coefficient (Wildman–Crippen LogP) is 3.07. The van der Waals surface area contributed by atoms with Gasteiger partial charge in [-0.15, -0.1) is 0 Å². The summed E-state index contributed by atoms with van der Waals surface area (Å²) in [6, 6.07) is 9.87. The largest absolute Gasteiger partial charge is 0.464 e. The molecule has 0 N–H and O–H groups in total. The number of aryl methyl sites for hydroxylation is 1. The summed E-state index contributed by atoms with van der Waals surface area (Å²) >= 11 is 0. The molecule has 0 amide bonds. The fraction of sp³-hybridized carbons (Fsp3) is 0.357. The van der Waals surface area contributed by atoms with Crippen LogP contribution in [-0.2, 0) is 9.53 Å². The van der Waals surface area contributed by atoms with E-state index in [0.717, 1.165) is 16.6 Å². The second-order valence-electron chi connectivity index (χ2n) is 4.14. The van der Waals surface area contributed by atoms with E-state index in [1.165, 1.54) is 0 Å². The van der Waals surface area contributed by atoms with Gasteiger partial charge in [-0.05, 0) is 38.3 Å². The molecule has 1 unspecified atom stereocenters. The van der Waals surface area contributed by atoms with Gasteiger partial charge in [0.15, 0.2) is 0 Å². The Morgan fingerprint density at radius 1 is 1.41 bits per heavy atom. The lowest BCUT2D eigenvalue weighted by atomic mass is 10.2. The number of rotatable bonds is 3. The normalized spacial score (nSPS) is 12.6. The molecule has 1 aromatic heterocycles. The summed E-state index contributed by atoms with van der Waals surface area (Å²) < 4.78 is 7.09. The summed E-state index contributed by atoms with van der Waals surface area (Å²) in [6.07, 6.45) is 0. The third-order valence-corrected chi connectivity index (χ3v) is 2.96. The van der Waals surface area contributed by atoms with E-state index in [2.05, 4.69) is 12.1 Å². The molecule has 0 radical (unpaired) electrons. The van der Waals surface area contributed by atoms with Crippen LogP contribution in [0.1, 0.15) is 25.6 Å². The first-order valence-corrected chi connectivity index (χ1v) is 5.88. The summed E-state index contributed by atoms with van der Waals surface area (Å²) in [5.74, 6) is -0.183. The summed E-state index contributed by atoms with van der Waals surface area (Å²) in [6.45, 7) is 6.12. The first-order valence-electron chi connectivity index (χ1n) is 5.88. The molecule has 0 spiro atoms. The fourth-order valence-electron chi connectivity index (χ4n) is 2.20. The minimum atomic E-state index is -0.283. The molecular formula is C14H17NO2. The number of benzene rings is 1. The quantitative estimate of drug-likeness (QED) is 0.760. The zero-order valence-electron chi connectivity index (χ0n) is 10.4. The third-order valence-electron chi connectivity index (χ3n) is 2.96. The molecule has 0 fully saturated rings. The number of carbonyl (C=O) groups is 1. The van der Waals surface area contributed by atoms with Gasteiger partial charge in [-0.2, -0.15) is 0 Å². The maximum atomic E-state index is 11.8. The molecule has 3 nitrogen and oxygen atoms in total. The van der Waals surface area contributed by atoms with Crippen LogP contribution in [0.3, 0.4) is 0 Å². The number of hydrogen-bond donors (Lipinski definition) is 0. The van der Waals surface area contributed by atoms with Crippen molar-refractivity contribution in [3.05, 3.63) is 36.0 Å². The average molecular weight is 231 g/mol. The van der Waals surface area contributed by atoms with Gasteiger partial charge in [-0.3, -0.25) is 0 Å². The van der Waals surface area contributed by atoms with Gasteiger partial charge in [0.05, 0.1) is 6.61 Å². The van der Waals surface area contributed by atoms with E-state index in [-0.39, 0.29) is 12.0 Å². The molecule has 3 heteroatoms. The van der Waals surface area contributed by atoms with Crippen LogP contribution in [0.15, 0.2) is 30.3 Å². The molecule has 90 valence electrons. The Labute approximate surface area is 101 Å². The molecule has 0 aliphatic rings. The summed E-state index contributed by atoms with van der Waals surface area (Å²) in [7, 11) is 0. The fourth-order valence-corrected chi connectivity index (χ4v) is 2.20. The monoisotopic (exact) mass is 231 g/mol. The molecular weight excluding hydrogens is 214 g/mol. The smallest absolute Gasteiger partial charge is 0.328 e. The first kappa shape index (κ1) is 11.7. The van der Waals surface area contributed by atoms with Crippen LogP contribution < -0.4 is 0 Å². The maximum absolute atomic E-state index is 11.8. The van der Waals surface area contributed by atoms with Gasteiger partial charge in [0.2, 0.25) is 0 Å². The molecule has 2 aromatic rings. The van der Waals surface area contributed by atoms with Crippen LogP contribution >= 0.6 is 0 Å². The summed E-state index contributed by atoms with van der Waals surface area (Å²) in [5, 5.41) is 1.15. The van der Waals surface area contributed by atoms with E-state index >= 15 is 0 Å². The van der Waals surface area contributed by atoms with E-state index in [1.807, 2.05) is 43.5 Å². The van der Waals surface area contributed by atoms with Crippen molar-refractivity contribution in [2.24, 2.45) is 0 Å². The SMILES string of the molecule is CCOC(=O)C(C)n1c(C)cc2ccccc21. The van der Waals surface area contributed by atoms with E-state index in [1.54, 1.807) is 0 Å². The molecule has 1 heterocycles. The highest BCUT2D eigenvalue weighted by Gasteiger charge is 2.19. The lowest BCUT2D eigenvalue weighted by Crippen LogP contribution is -2.19. The number of ether oxygens (including phenoxy) is 1. The number of nitrogens with zero attached hydrogens (tertiary/aromatic N) is 1. The highest BCUT2D eigenvalue weighted by Crippen LogP contribution is 2.24. The number of fused-ring (bicyclic) bond motifs is 1. The van der Waals surface area contributed by atoms with E-state index in [4.69, 9.17) is 4.74 Å². The van der Waals surface area contributed by atoms with E-state index < -0.39 is 0 Å². The van der Waals surface area contributed by atoms with Gasteiger partial charge < -0.3 is 9.30 Å². The standard InChI is InChI=1S/C14H17NO2/c1-4-17-14(16)11(3)15-10(2)9-12-7-5-6-8-13(12)15/h5-9,11H,4H2,1-3H3. The number of hydrogen-bond acceptors (Lipinski definition) is 2. The maximum Gasteiger partial charge on any atom is 0.328 e. The minimum absolute atomic E-state index is 0.183. The van der Waals surface area contributed by atoms with Crippen molar-refractivity contribution in [1.82, 2.24) is 4.57 Å². The summed E-state index contributed by atoms with van der Waals surface area (Å²) in [4.78, 5) is 11.8. The summed E-state index contributed by atoms with van der Waals surface area (Å²) in [5.41, 5.74) is 2.15. The lowest BCUT2D eigenvalue weighted by molar-refractivity contribution is -0.146. The van der Waals surface area contributed by atoms with Gasteiger partial charge in [0, 0.05) is 11.2 Å². The lowest BCUT2D eigenvalue weighted by Gasteiger charge is -2.15. The zero-order valence-corrected chi connectivity index (χ0v) is 10.4. The molecule has 0 aliphatic carbocycles. The average Bonchev–Trinajstić information content (AvgIpc) is 2.64. The zero-order chi connectivity index (χ0) is 12.4. The molecule has 0 aliphatic heterocycles. The van der Waals surface area contributed by atoms with Gasteiger partial charge in [0.25, 0.3) is 0 Å². The Balaban J connectivity index is 2.47. The van der Waals surface area contributed by atoms with Crippen LogP contribution in [0.2, 0.25) is 0 Å². The number of aromatic nitrogens is 1. The van der Waals surface area contributed by atoms with E-state index in [9.17, 15) is 4.79 Å². The Hall–Kier alpha value is -1.77. The predicted molar refractivity (Wildman–Crippen MR) is 68.0 cm³/mol. The van der Waals surface area contributed by atoms with Crippen molar-refractivity contribution >= 4 is 16.9 Å². The van der Waals surface area contributed by atoms with Crippen LogP contribution in [0.4, 0.5) is 0 Å². The number of para-hydroxylation sites is 1. The van der Waals surface area contributed by atoms with Crippen molar-refractivity contribution in [1.29, 1.82) is 0 Å². The highest BCUT2D eigenvalue weighted by atomic mass is 16.5. The van der Waals surface area contributed by atoms with Crippen molar-refractivity contribution in [3.8, 4) is 0 Å². The second-order valence-corrected chi connectivity index (χ2v) is 4.14. The Morgan fingerprint density at radius 3 is 2.82 bits per heavy atom. The number of esters is 1. The van der Waals surface area contributed by atoms with Crippen molar-refractivity contribution in [2.75, 3.05) is 6.61 Å². The van der Waals surface area contributed by atoms with Crippen molar-refractivity contribution in [3.63, 3.8) is 0 Å². The first-order chi connectivity index (χ1) is 8.15. The topological polar surface area (TPSA) is 31.2 Å². The van der Waals surface area contributed by atoms with Crippen molar-refractivity contribution in [2.45, 2.75) is 26.8 Å².